The fourth-order valence-corrected chi connectivity index (χ4v) is 1.69. The Morgan fingerprint density at radius 1 is 1.35 bits per heavy atom. The second-order valence-electron chi connectivity index (χ2n) is 5.66. The summed E-state index contributed by atoms with van der Waals surface area (Å²) in [5.41, 5.74) is 1.41. The zero-order chi connectivity index (χ0) is 15.2. The van der Waals surface area contributed by atoms with Crippen LogP contribution in [-0.2, 0) is 10.2 Å². The fraction of sp³-hybridized carbons (Fsp3) is 0.600. The maximum atomic E-state index is 12.1. The van der Waals surface area contributed by atoms with Crippen LogP contribution in [0.1, 0.15) is 43.7 Å². The van der Waals surface area contributed by atoms with E-state index < -0.39 is 0 Å². The second-order valence-corrected chi connectivity index (χ2v) is 5.66. The number of hydrogen-bond donors (Lipinski definition) is 2. The summed E-state index contributed by atoms with van der Waals surface area (Å²) in [6.45, 7) is 10.0. The summed E-state index contributed by atoms with van der Waals surface area (Å²) >= 11 is 0. The van der Waals surface area contributed by atoms with E-state index in [4.69, 9.17) is 4.74 Å². The number of carbonyl (C=O) groups excluding carboxylic acids is 1. The molecule has 5 nitrogen and oxygen atoms in total. The number of rotatable bonds is 6. The van der Waals surface area contributed by atoms with Crippen molar-refractivity contribution in [1.82, 2.24) is 10.3 Å². The zero-order valence-corrected chi connectivity index (χ0v) is 13.0. The number of anilines is 1. The number of nitrogens with one attached hydrogen (secondary N) is 2. The van der Waals surface area contributed by atoms with Gasteiger partial charge >= 0.3 is 0 Å². The molecule has 0 saturated heterocycles. The molecule has 0 radical (unpaired) electrons. The lowest BCUT2D eigenvalue weighted by atomic mass is 9.90. The van der Waals surface area contributed by atoms with Crippen molar-refractivity contribution in [2.24, 2.45) is 0 Å². The van der Waals surface area contributed by atoms with Crippen molar-refractivity contribution in [3.63, 3.8) is 0 Å². The van der Waals surface area contributed by atoms with E-state index >= 15 is 0 Å². The van der Waals surface area contributed by atoms with Gasteiger partial charge in [-0.3, -0.25) is 4.79 Å². The molecule has 20 heavy (non-hydrogen) atoms. The minimum absolute atomic E-state index is 0.103. The van der Waals surface area contributed by atoms with Crippen LogP contribution in [0.3, 0.4) is 0 Å². The number of ether oxygens (including phenoxy) is 1. The van der Waals surface area contributed by atoms with Crippen molar-refractivity contribution < 1.29 is 9.53 Å². The zero-order valence-electron chi connectivity index (χ0n) is 13.0. The van der Waals surface area contributed by atoms with Crippen LogP contribution in [0.25, 0.3) is 0 Å². The van der Waals surface area contributed by atoms with E-state index in [-0.39, 0.29) is 11.3 Å². The SMILES string of the molecule is CCNc1cc(C(=O)NCCOC)cc(C(C)(C)C)n1. The van der Waals surface area contributed by atoms with E-state index in [0.29, 0.717) is 18.7 Å². The Bertz CT molecular complexity index is 453. The smallest absolute Gasteiger partial charge is 0.251 e. The van der Waals surface area contributed by atoms with Crippen LogP contribution in [0, 0.1) is 0 Å². The van der Waals surface area contributed by atoms with Crippen molar-refractivity contribution in [1.29, 1.82) is 0 Å². The average Bonchev–Trinajstić information content (AvgIpc) is 2.38. The first-order valence-electron chi connectivity index (χ1n) is 6.92. The number of carbonyl (C=O) groups is 1. The topological polar surface area (TPSA) is 63.2 Å². The molecule has 112 valence electrons. The van der Waals surface area contributed by atoms with Crippen molar-refractivity contribution in [2.45, 2.75) is 33.1 Å². The molecule has 0 unspecified atom stereocenters. The molecule has 5 heteroatoms. The molecule has 1 aromatic rings. The predicted octanol–water partition coefficient (Wildman–Crippen LogP) is 2.19. The molecule has 0 aliphatic carbocycles. The molecule has 0 bridgehead atoms. The van der Waals surface area contributed by atoms with E-state index in [0.717, 1.165) is 18.1 Å². The Labute approximate surface area is 121 Å². The monoisotopic (exact) mass is 279 g/mol. The van der Waals surface area contributed by atoms with Gasteiger partial charge in [-0.25, -0.2) is 4.98 Å². The highest BCUT2D eigenvalue weighted by Gasteiger charge is 2.19. The molecule has 2 N–H and O–H groups in total. The molecule has 0 saturated carbocycles. The number of pyridine rings is 1. The summed E-state index contributed by atoms with van der Waals surface area (Å²) in [6, 6.07) is 3.63. The Morgan fingerprint density at radius 2 is 2.05 bits per heavy atom. The molecule has 0 aliphatic rings. The summed E-state index contributed by atoms with van der Waals surface area (Å²) < 4.78 is 4.93. The summed E-state index contributed by atoms with van der Waals surface area (Å²) in [4.78, 5) is 16.7. The average molecular weight is 279 g/mol. The maximum absolute atomic E-state index is 12.1. The third-order valence-electron chi connectivity index (χ3n) is 2.81. The highest BCUT2D eigenvalue weighted by atomic mass is 16.5. The number of hydrogen-bond acceptors (Lipinski definition) is 4. The minimum Gasteiger partial charge on any atom is -0.383 e. The molecule has 0 aliphatic heterocycles. The predicted molar refractivity (Wildman–Crippen MR) is 81.3 cm³/mol. The third-order valence-corrected chi connectivity index (χ3v) is 2.81. The van der Waals surface area contributed by atoms with Crippen molar-refractivity contribution in [3.8, 4) is 0 Å². The first kappa shape index (κ1) is 16.4. The first-order chi connectivity index (χ1) is 9.38. The largest absolute Gasteiger partial charge is 0.383 e. The normalized spacial score (nSPS) is 11.2. The van der Waals surface area contributed by atoms with Gasteiger partial charge in [0.2, 0.25) is 0 Å². The molecule has 0 aromatic carbocycles. The molecule has 1 aromatic heterocycles. The highest BCUT2D eigenvalue weighted by molar-refractivity contribution is 5.95. The summed E-state index contributed by atoms with van der Waals surface area (Å²) in [7, 11) is 1.61. The molecule has 1 rings (SSSR count). The Kier molecular flexibility index (Phi) is 5.95. The van der Waals surface area contributed by atoms with Gasteiger partial charge in [0.1, 0.15) is 5.82 Å². The van der Waals surface area contributed by atoms with Crippen LogP contribution in [0.15, 0.2) is 12.1 Å². The molecular weight excluding hydrogens is 254 g/mol. The van der Waals surface area contributed by atoms with Gasteiger partial charge < -0.3 is 15.4 Å². The molecule has 0 atom stereocenters. The van der Waals surface area contributed by atoms with Crippen molar-refractivity contribution in [3.05, 3.63) is 23.4 Å². The standard InChI is InChI=1S/C15H25N3O2/c1-6-16-13-10-11(14(19)17-7-8-20-5)9-12(18-13)15(2,3)4/h9-10H,6-8H2,1-5H3,(H,16,18)(H,17,19). The third kappa shape index (κ3) is 4.81. The van der Waals surface area contributed by atoms with Crippen LogP contribution in [-0.4, -0.2) is 37.7 Å². The molecular formula is C15H25N3O2. The lowest BCUT2D eigenvalue weighted by Crippen LogP contribution is -2.28. The van der Waals surface area contributed by atoms with Gasteiger partial charge in [0.15, 0.2) is 0 Å². The number of amides is 1. The van der Waals surface area contributed by atoms with Crippen LogP contribution in [0.5, 0.6) is 0 Å². The molecule has 1 amide bonds. The molecule has 0 fully saturated rings. The number of methoxy groups -OCH3 is 1. The molecule has 0 spiro atoms. The van der Waals surface area contributed by atoms with E-state index in [2.05, 4.69) is 36.4 Å². The van der Waals surface area contributed by atoms with Gasteiger partial charge in [-0.05, 0) is 19.1 Å². The Hall–Kier alpha value is -1.62. The van der Waals surface area contributed by atoms with Gasteiger partial charge in [0.05, 0.1) is 6.61 Å². The van der Waals surface area contributed by atoms with E-state index in [9.17, 15) is 4.79 Å². The van der Waals surface area contributed by atoms with Gasteiger partial charge in [0.25, 0.3) is 5.91 Å². The lowest BCUT2D eigenvalue weighted by molar-refractivity contribution is 0.0937. The quantitative estimate of drug-likeness (QED) is 0.784. The summed E-state index contributed by atoms with van der Waals surface area (Å²) in [6.07, 6.45) is 0. The highest BCUT2D eigenvalue weighted by Crippen LogP contribution is 2.23. The Morgan fingerprint density at radius 3 is 2.60 bits per heavy atom. The van der Waals surface area contributed by atoms with Gasteiger partial charge in [-0.2, -0.15) is 0 Å². The van der Waals surface area contributed by atoms with E-state index in [1.807, 2.05) is 13.0 Å². The minimum atomic E-state index is -0.104. The lowest BCUT2D eigenvalue weighted by Gasteiger charge is -2.20. The van der Waals surface area contributed by atoms with Gasteiger partial charge in [-0.1, -0.05) is 20.8 Å². The number of aromatic nitrogens is 1. The Balaban J connectivity index is 2.99. The van der Waals surface area contributed by atoms with Crippen LogP contribution >= 0.6 is 0 Å². The van der Waals surface area contributed by atoms with Crippen LogP contribution in [0.4, 0.5) is 5.82 Å². The summed E-state index contributed by atoms with van der Waals surface area (Å²) in [5.74, 6) is 0.630. The van der Waals surface area contributed by atoms with Crippen molar-refractivity contribution in [2.75, 3.05) is 32.1 Å². The number of nitrogens with zero attached hydrogens (tertiary/aromatic N) is 1. The maximum Gasteiger partial charge on any atom is 0.251 e. The fourth-order valence-electron chi connectivity index (χ4n) is 1.69. The first-order valence-corrected chi connectivity index (χ1v) is 6.92. The summed E-state index contributed by atoms with van der Waals surface area (Å²) in [5, 5.41) is 6.00. The van der Waals surface area contributed by atoms with Crippen molar-refractivity contribution >= 4 is 11.7 Å². The van der Waals surface area contributed by atoms with E-state index in [1.165, 1.54) is 0 Å². The van der Waals surface area contributed by atoms with E-state index in [1.54, 1.807) is 13.2 Å². The molecule has 1 heterocycles. The van der Waals surface area contributed by atoms with Gasteiger partial charge in [0, 0.05) is 36.9 Å². The van der Waals surface area contributed by atoms with Crippen LogP contribution in [0.2, 0.25) is 0 Å². The van der Waals surface area contributed by atoms with Gasteiger partial charge in [-0.15, -0.1) is 0 Å². The second kappa shape index (κ2) is 7.24. The van der Waals surface area contributed by atoms with Crippen LogP contribution < -0.4 is 10.6 Å².